The van der Waals surface area contributed by atoms with Crippen molar-refractivity contribution in [1.29, 1.82) is 0 Å². The number of hydrogen-bond acceptors (Lipinski definition) is 6. The van der Waals surface area contributed by atoms with E-state index in [1.54, 1.807) is 23.1 Å². The lowest BCUT2D eigenvalue weighted by atomic mass is 10.2. The third-order valence-corrected chi connectivity index (χ3v) is 5.96. The molecule has 168 valence electrons. The molecule has 9 heteroatoms. The van der Waals surface area contributed by atoms with Crippen molar-refractivity contribution >= 4 is 40.3 Å². The molecule has 0 N–H and O–H groups in total. The number of aliphatic imine (C=N–C) groups is 1. The average molecular weight is 463 g/mol. The number of nitrogens with zero attached hydrogens (tertiary/aromatic N) is 4. The zero-order valence-electron chi connectivity index (χ0n) is 18.2. The van der Waals surface area contributed by atoms with Gasteiger partial charge in [0.25, 0.3) is 11.6 Å². The lowest BCUT2D eigenvalue weighted by Crippen LogP contribution is -2.28. The van der Waals surface area contributed by atoms with E-state index in [0.29, 0.717) is 28.9 Å². The van der Waals surface area contributed by atoms with Gasteiger partial charge < -0.3 is 9.30 Å². The summed E-state index contributed by atoms with van der Waals surface area (Å²) in [6.07, 6.45) is 3.59. The molecule has 1 aliphatic heterocycles. The molecule has 0 bridgehead atoms. The van der Waals surface area contributed by atoms with Gasteiger partial charge in [-0.1, -0.05) is 6.07 Å². The molecule has 8 nitrogen and oxygen atoms in total. The third-order valence-electron chi connectivity index (χ3n) is 4.95. The van der Waals surface area contributed by atoms with Crippen molar-refractivity contribution in [3.8, 4) is 11.4 Å². The number of nitro groups is 1. The number of thioether (sulfide) groups is 1. The summed E-state index contributed by atoms with van der Waals surface area (Å²) in [5.41, 5.74) is 2.12. The van der Waals surface area contributed by atoms with Crippen molar-refractivity contribution in [2.75, 3.05) is 13.2 Å². The Bertz CT molecular complexity index is 1250. The van der Waals surface area contributed by atoms with Gasteiger partial charge in [-0.25, -0.2) is 4.99 Å². The summed E-state index contributed by atoms with van der Waals surface area (Å²) in [4.78, 5) is 30.6. The lowest BCUT2D eigenvalue weighted by Gasteiger charge is -2.12. The Morgan fingerprint density at radius 1 is 1.12 bits per heavy atom. The van der Waals surface area contributed by atoms with Gasteiger partial charge >= 0.3 is 0 Å². The molecule has 0 atom stereocenters. The molecule has 0 unspecified atom stereocenters. The molecule has 1 fully saturated rings. The fraction of sp³-hybridized carbons (Fsp3) is 0.167. The summed E-state index contributed by atoms with van der Waals surface area (Å²) in [6.45, 7) is 4.91. The number of rotatable bonds is 7. The molecular weight excluding hydrogens is 440 g/mol. The van der Waals surface area contributed by atoms with Gasteiger partial charge in [-0.15, -0.1) is 0 Å². The van der Waals surface area contributed by atoms with Crippen LogP contribution < -0.4 is 4.74 Å². The van der Waals surface area contributed by atoms with Crippen molar-refractivity contribution in [2.24, 2.45) is 4.99 Å². The number of amides is 1. The van der Waals surface area contributed by atoms with Crippen LogP contribution in [0.5, 0.6) is 5.75 Å². The number of amidine groups is 1. The number of hydrogen-bond donors (Lipinski definition) is 0. The summed E-state index contributed by atoms with van der Waals surface area (Å²) in [7, 11) is 0. The minimum atomic E-state index is -0.426. The number of non-ortho nitro benzene ring substituents is 1. The SMILES string of the molecule is CCOc1ccc(N=C2SC(=Cc3cccn3-c3cccc([N+](=O)[O-])c3)C(=O)N2CC)cc1. The Kier molecular flexibility index (Phi) is 6.60. The van der Waals surface area contributed by atoms with Crippen LogP contribution in [0.25, 0.3) is 11.8 Å². The quantitative estimate of drug-likeness (QED) is 0.266. The van der Waals surface area contributed by atoms with E-state index in [2.05, 4.69) is 4.99 Å². The molecule has 1 aromatic heterocycles. The number of likely N-dealkylation sites (N-methyl/N-ethyl adjacent to an activating group) is 1. The molecule has 1 saturated heterocycles. The van der Waals surface area contributed by atoms with Crippen LogP contribution in [0, 0.1) is 10.1 Å². The van der Waals surface area contributed by atoms with E-state index in [1.807, 2.05) is 61.0 Å². The first-order chi connectivity index (χ1) is 16.0. The van der Waals surface area contributed by atoms with E-state index in [9.17, 15) is 14.9 Å². The van der Waals surface area contributed by atoms with Crippen LogP contribution in [-0.4, -0.2) is 38.6 Å². The summed E-state index contributed by atoms with van der Waals surface area (Å²) in [5, 5.41) is 11.7. The van der Waals surface area contributed by atoms with Crippen LogP contribution in [0.2, 0.25) is 0 Å². The molecule has 0 aliphatic carbocycles. The van der Waals surface area contributed by atoms with Gasteiger partial charge in [0.1, 0.15) is 5.75 Å². The number of aromatic nitrogens is 1. The van der Waals surface area contributed by atoms with Crippen molar-refractivity contribution < 1.29 is 14.5 Å². The Labute approximate surface area is 195 Å². The van der Waals surface area contributed by atoms with Crippen LogP contribution in [-0.2, 0) is 4.79 Å². The highest BCUT2D eigenvalue weighted by atomic mass is 32.2. The maximum absolute atomic E-state index is 13.0. The Morgan fingerprint density at radius 2 is 1.91 bits per heavy atom. The van der Waals surface area contributed by atoms with Crippen LogP contribution in [0.15, 0.2) is 76.8 Å². The smallest absolute Gasteiger partial charge is 0.271 e. The maximum Gasteiger partial charge on any atom is 0.271 e. The lowest BCUT2D eigenvalue weighted by molar-refractivity contribution is -0.384. The number of ether oxygens (including phenoxy) is 1. The normalized spacial score (nSPS) is 16.1. The molecular formula is C24H22N4O4S. The molecule has 0 spiro atoms. The molecule has 3 aromatic rings. The second-order valence-electron chi connectivity index (χ2n) is 7.06. The van der Waals surface area contributed by atoms with E-state index < -0.39 is 4.92 Å². The number of benzene rings is 2. The molecule has 0 radical (unpaired) electrons. The highest BCUT2D eigenvalue weighted by Crippen LogP contribution is 2.34. The van der Waals surface area contributed by atoms with Crippen LogP contribution >= 0.6 is 11.8 Å². The summed E-state index contributed by atoms with van der Waals surface area (Å²) in [6, 6.07) is 17.5. The van der Waals surface area contributed by atoms with Crippen molar-refractivity contribution in [1.82, 2.24) is 9.47 Å². The van der Waals surface area contributed by atoms with Crippen LogP contribution in [0.4, 0.5) is 11.4 Å². The highest BCUT2D eigenvalue weighted by molar-refractivity contribution is 8.18. The predicted octanol–water partition coefficient (Wildman–Crippen LogP) is 5.41. The highest BCUT2D eigenvalue weighted by Gasteiger charge is 2.32. The third kappa shape index (κ3) is 4.83. The van der Waals surface area contributed by atoms with Crippen LogP contribution in [0.3, 0.4) is 0 Å². The first-order valence-corrected chi connectivity index (χ1v) is 11.3. The standard InChI is InChI=1S/C24H22N4O4S/c1-3-26-23(29)22(33-24(26)25-17-10-12-21(13-11-17)32-4-2)16-19-9-6-14-27(19)18-7-5-8-20(15-18)28(30)31/h5-16H,3-4H2,1-2H3. The van der Waals surface area contributed by atoms with Crippen LogP contribution in [0.1, 0.15) is 19.5 Å². The van der Waals surface area contributed by atoms with Crippen molar-refractivity contribution in [2.45, 2.75) is 13.8 Å². The van der Waals surface area contributed by atoms with Gasteiger partial charge in [0.05, 0.1) is 27.8 Å². The van der Waals surface area contributed by atoms with E-state index in [1.165, 1.54) is 23.9 Å². The molecule has 1 amide bonds. The summed E-state index contributed by atoms with van der Waals surface area (Å²) >= 11 is 1.31. The first kappa shape index (κ1) is 22.3. The average Bonchev–Trinajstić information content (AvgIpc) is 3.39. The van der Waals surface area contributed by atoms with Gasteiger partial charge in [-0.3, -0.25) is 19.8 Å². The second-order valence-corrected chi connectivity index (χ2v) is 8.07. The second kappa shape index (κ2) is 9.74. The Hall–Kier alpha value is -3.85. The fourth-order valence-corrected chi connectivity index (χ4v) is 4.45. The zero-order chi connectivity index (χ0) is 23.4. The van der Waals surface area contributed by atoms with E-state index in [-0.39, 0.29) is 11.6 Å². The van der Waals surface area contributed by atoms with Gasteiger partial charge in [-0.2, -0.15) is 0 Å². The number of carbonyl (C=O) groups excluding carboxylic acids is 1. The minimum absolute atomic E-state index is 0.00746. The summed E-state index contributed by atoms with van der Waals surface area (Å²) < 4.78 is 7.28. The Balaban J connectivity index is 1.64. The van der Waals surface area contributed by atoms with Gasteiger partial charge in [0.2, 0.25) is 0 Å². The molecule has 2 aromatic carbocycles. The molecule has 0 saturated carbocycles. The topological polar surface area (TPSA) is 90.0 Å². The van der Waals surface area contributed by atoms with Gasteiger partial charge in [0, 0.05) is 30.6 Å². The maximum atomic E-state index is 13.0. The van der Waals surface area contributed by atoms with E-state index >= 15 is 0 Å². The van der Waals surface area contributed by atoms with E-state index in [4.69, 9.17) is 4.74 Å². The van der Waals surface area contributed by atoms with Gasteiger partial charge in [-0.05, 0) is 74.1 Å². The largest absolute Gasteiger partial charge is 0.494 e. The molecule has 2 heterocycles. The number of carbonyl (C=O) groups is 1. The summed E-state index contributed by atoms with van der Waals surface area (Å²) in [5.74, 6) is 0.644. The van der Waals surface area contributed by atoms with Crippen molar-refractivity contribution in [3.63, 3.8) is 0 Å². The molecule has 4 rings (SSSR count). The Morgan fingerprint density at radius 3 is 2.61 bits per heavy atom. The predicted molar refractivity (Wildman–Crippen MR) is 130 cm³/mol. The number of nitro benzene ring substituents is 1. The first-order valence-electron chi connectivity index (χ1n) is 10.4. The molecule has 33 heavy (non-hydrogen) atoms. The van der Waals surface area contributed by atoms with Crippen molar-refractivity contribution in [3.05, 3.63) is 87.6 Å². The monoisotopic (exact) mass is 462 g/mol. The van der Waals surface area contributed by atoms with E-state index in [0.717, 1.165) is 17.1 Å². The fourth-order valence-electron chi connectivity index (χ4n) is 3.40. The molecule has 1 aliphatic rings. The van der Waals surface area contributed by atoms with Gasteiger partial charge in [0.15, 0.2) is 5.17 Å². The zero-order valence-corrected chi connectivity index (χ0v) is 19.0. The minimum Gasteiger partial charge on any atom is -0.494 e.